The van der Waals surface area contributed by atoms with Gasteiger partial charge in [0.25, 0.3) is 0 Å². The van der Waals surface area contributed by atoms with Crippen molar-refractivity contribution in [3.63, 3.8) is 0 Å². The Morgan fingerprint density at radius 3 is 2.62 bits per heavy atom. The van der Waals surface area contributed by atoms with Crippen LogP contribution in [0.25, 0.3) is 0 Å². The van der Waals surface area contributed by atoms with Gasteiger partial charge in [-0.3, -0.25) is 9.59 Å². The van der Waals surface area contributed by atoms with Gasteiger partial charge in [0.15, 0.2) is 0 Å². The van der Waals surface area contributed by atoms with Crippen LogP contribution in [-0.2, 0) is 16.1 Å². The van der Waals surface area contributed by atoms with E-state index in [1.807, 2.05) is 6.92 Å². The topological polar surface area (TPSA) is 49.4 Å². The predicted molar refractivity (Wildman–Crippen MR) is 83.3 cm³/mol. The zero-order chi connectivity index (χ0) is 15.6. The average molecular weight is 329 g/mol. The summed E-state index contributed by atoms with van der Waals surface area (Å²) in [6.07, 6.45) is 1.47. The first-order chi connectivity index (χ1) is 9.93. The van der Waals surface area contributed by atoms with Crippen molar-refractivity contribution in [2.45, 2.75) is 45.3 Å². The summed E-state index contributed by atoms with van der Waals surface area (Å²) in [4.78, 5) is 26.1. The summed E-state index contributed by atoms with van der Waals surface area (Å²) in [5.74, 6) is -0.187. The van der Waals surface area contributed by atoms with E-state index in [2.05, 4.69) is 5.32 Å². The Balaban J connectivity index is 2.22. The molecule has 1 aromatic carbocycles. The molecule has 0 saturated carbocycles. The third-order valence-electron chi connectivity index (χ3n) is 3.68. The summed E-state index contributed by atoms with van der Waals surface area (Å²) < 4.78 is 0. The van der Waals surface area contributed by atoms with Gasteiger partial charge in [-0.2, -0.15) is 0 Å². The molecule has 1 fully saturated rings. The van der Waals surface area contributed by atoms with Crippen molar-refractivity contribution in [2.24, 2.45) is 0 Å². The highest BCUT2D eigenvalue weighted by molar-refractivity contribution is 6.35. The number of nitrogens with zero attached hydrogens (tertiary/aromatic N) is 1. The number of piperazine rings is 1. The fraction of sp³-hybridized carbons (Fsp3) is 0.467. The van der Waals surface area contributed by atoms with E-state index in [4.69, 9.17) is 23.2 Å². The van der Waals surface area contributed by atoms with Gasteiger partial charge in [0, 0.05) is 16.6 Å². The lowest BCUT2D eigenvalue weighted by Crippen LogP contribution is -2.61. The Morgan fingerprint density at radius 2 is 2.00 bits per heavy atom. The number of benzene rings is 1. The molecule has 1 saturated heterocycles. The van der Waals surface area contributed by atoms with Gasteiger partial charge in [-0.15, -0.1) is 0 Å². The summed E-state index contributed by atoms with van der Waals surface area (Å²) in [6.45, 7) is 4.01. The summed E-state index contributed by atoms with van der Waals surface area (Å²) in [7, 11) is 0. The van der Waals surface area contributed by atoms with E-state index in [9.17, 15) is 9.59 Å². The number of nitrogens with one attached hydrogen (secondary N) is 1. The van der Waals surface area contributed by atoms with Crippen LogP contribution < -0.4 is 5.32 Å². The van der Waals surface area contributed by atoms with Gasteiger partial charge in [0.1, 0.15) is 12.1 Å². The first kappa shape index (κ1) is 16.1. The molecule has 21 heavy (non-hydrogen) atoms. The van der Waals surface area contributed by atoms with Gasteiger partial charge in [-0.1, -0.05) is 42.6 Å². The Hall–Kier alpha value is -1.26. The SMILES string of the molecule is CCCC1NC(=O)C(C)N(Cc2ccc(Cl)cc2Cl)C1=O. The highest BCUT2D eigenvalue weighted by atomic mass is 35.5. The van der Waals surface area contributed by atoms with Gasteiger partial charge >= 0.3 is 0 Å². The first-order valence-electron chi connectivity index (χ1n) is 6.98. The fourth-order valence-electron chi connectivity index (χ4n) is 2.42. The molecular formula is C15H18Cl2N2O2. The molecule has 2 amide bonds. The van der Waals surface area contributed by atoms with Gasteiger partial charge in [-0.25, -0.2) is 0 Å². The molecule has 2 atom stereocenters. The van der Waals surface area contributed by atoms with Gasteiger partial charge in [0.05, 0.1) is 0 Å². The molecule has 0 radical (unpaired) electrons. The van der Waals surface area contributed by atoms with Crippen LogP contribution in [0.1, 0.15) is 32.3 Å². The molecule has 0 spiro atoms. The third kappa shape index (κ3) is 3.50. The molecule has 1 aromatic rings. The summed E-state index contributed by atoms with van der Waals surface area (Å²) in [5.41, 5.74) is 0.784. The van der Waals surface area contributed by atoms with Crippen molar-refractivity contribution in [1.82, 2.24) is 10.2 Å². The van der Waals surface area contributed by atoms with Crippen molar-refractivity contribution in [2.75, 3.05) is 0 Å². The van der Waals surface area contributed by atoms with Gasteiger partial charge < -0.3 is 10.2 Å². The standard InChI is InChI=1S/C15H18Cl2N2O2/c1-3-4-13-15(21)19(9(2)14(20)18-13)8-10-5-6-11(16)7-12(10)17/h5-7,9,13H,3-4,8H2,1-2H3,(H,18,20). The summed E-state index contributed by atoms with van der Waals surface area (Å²) >= 11 is 12.0. The molecule has 0 aromatic heterocycles. The normalized spacial score (nSPS) is 22.4. The molecule has 2 unspecified atom stereocenters. The van der Waals surface area contributed by atoms with Gasteiger partial charge in [-0.05, 0) is 31.0 Å². The molecule has 114 valence electrons. The lowest BCUT2D eigenvalue weighted by atomic mass is 10.0. The van der Waals surface area contributed by atoms with E-state index >= 15 is 0 Å². The van der Waals surface area contributed by atoms with E-state index in [0.29, 0.717) is 23.0 Å². The molecular weight excluding hydrogens is 311 g/mol. The smallest absolute Gasteiger partial charge is 0.246 e. The van der Waals surface area contributed by atoms with E-state index in [1.165, 1.54) is 0 Å². The van der Waals surface area contributed by atoms with Crippen molar-refractivity contribution in [3.05, 3.63) is 33.8 Å². The highest BCUT2D eigenvalue weighted by Crippen LogP contribution is 2.24. The van der Waals surface area contributed by atoms with Crippen molar-refractivity contribution in [1.29, 1.82) is 0 Å². The van der Waals surface area contributed by atoms with Crippen LogP contribution in [0.5, 0.6) is 0 Å². The lowest BCUT2D eigenvalue weighted by molar-refractivity contribution is -0.149. The van der Waals surface area contributed by atoms with E-state index in [-0.39, 0.29) is 11.8 Å². The van der Waals surface area contributed by atoms with E-state index in [0.717, 1.165) is 12.0 Å². The molecule has 1 N–H and O–H groups in total. The first-order valence-corrected chi connectivity index (χ1v) is 7.74. The Labute approximate surface area is 134 Å². The molecule has 2 rings (SSSR count). The molecule has 4 nitrogen and oxygen atoms in total. The van der Waals surface area contributed by atoms with Crippen molar-refractivity contribution >= 4 is 35.0 Å². The summed E-state index contributed by atoms with van der Waals surface area (Å²) in [5, 5.41) is 3.82. The molecule has 1 heterocycles. The third-order valence-corrected chi connectivity index (χ3v) is 4.26. The van der Waals surface area contributed by atoms with Crippen LogP contribution in [0.15, 0.2) is 18.2 Å². The fourth-order valence-corrected chi connectivity index (χ4v) is 2.89. The monoisotopic (exact) mass is 328 g/mol. The number of hydrogen-bond acceptors (Lipinski definition) is 2. The van der Waals surface area contributed by atoms with Crippen LogP contribution >= 0.6 is 23.2 Å². The molecule has 0 aliphatic carbocycles. The molecule has 6 heteroatoms. The maximum Gasteiger partial charge on any atom is 0.246 e. The summed E-state index contributed by atoms with van der Waals surface area (Å²) in [6, 6.07) is 4.21. The second-order valence-corrected chi connectivity index (χ2v) is 6.07. The van der Waals surface area contributed by atoms with Crippen LogP contribution in [0.4, 0.5) is 0 Å². The number of rotatable bonds is 4. The zero-order valence-corrected chi connectivity index (χ0v) is 13.5. The minimum atomic E-state index is -0.502. The largest absolute Gasteiger partial charge is 0.343 e. The number of carbonyl (C=O) groups is 2. The maximum absolute atomic E-state index is 12.5. The quantitative estimate of drug-likeness (QED) is 0.923. The number of hydrogen-bond donors (Lipinski definition) is 1. The van der Waals surface area contributed by atoms with E-state index < -0.39 is 12.1 Å². The van der Waals surface area contributed by atoms with Gasteiger partial charge in [0.2, 0.25) is 11.8 Å². The second-order valence-electron chi connectivity index (χ2n) is 5.23. The van der Waals surface area contributed by atoms with Crippen molar-refractivity contribution in [3.8, 4) is 0 Å². The molecule has 1 aliphatic heterocycles. The maximum atomic E-state index is 12.5. The minimum Gasteiger partial charge on any atom is -0.343 e. The van der Waals surface area contributed by atoms with Crippen molar-refractivity contribution < 1.29 is 9.59 Å². The lowest BCUT2D eigenvalue weighted by Gasteiger charge is -2.37. The predicted octanol–water partition coefficient (Wildman–Crippen LogP) is 3.01. The van der Waals surface area contributed by atoms with Crippen LogP contribution in [0.3, 0.4) is 0 Å². The van der Waals surface area contributed by atoms with Crippen LogP contribution in [-0.4, -0.2) is 28.8 Å². The number of halogens is 2. The van der Waals surface area contributed by atoms with E-state index in [1.54, 1.807) is 30.0 Å². The minimum absolute atomic E-state index is 0.0602. The highest BCUT2D eigenvalue weighted by Gasteiger charge is 2.37. The van der Waals surface area contributed by atoms with Crippen LogP contribution in [0.2, 0.25) is 10.0 Å². The number of carbonyl (C=O) groups excluding carboxylic acids is 2. The Bertz CT molecular complexity index is 563. The molecule has 1 aliphatic rings. The molecule has 0 bridgehead atoms. The zero-order valence-electron chi connectivity index (χ0n) is 12.0. The second kappa shape index (κ2) is 6.67. The van der Waals surface area contributed by atoms with Crippen LogP contribution in [0, 0.1) is 0 Å². The average Bonchev–Trinajstić information content (AvgIpc) is 2.43. The number of amides is 2. The Morgan fingerprint density at radius 1 is 1.29 bits per heavy atom. The Kier molecular flexibility index (Phi) is 5.12.